The second-order valence-electron chi connectivity index (χ2n) is 17.5. The van der Waals surface area contributed by atoms with Crippen LogP contribution in [0.5, 0.6) is 0 Å². The maximum absolute atomic E-state index is 12.7. The standard InChI is InChI=1S/C49H94O6/c1-6-8-9-27-34-39-47(50)53-42-46(43-54-48(51)40-35-30-25-21-18-17-20-24-29-33-38-45(5)7-2)55-49(52)41-36-31-26-22-16-14-12-10-11-13-15-19-23-28-32-37-44(3)4/h44-46H,6-43H2,1-5H3/t45?,46-/m0/s1. The van der Waals surface area contributed by atoms with Crippen LogP contribution in [0.3, 0.4) is 0 Å². The summed E-state index contributed by atoms with van der Waals surface area (Å²) >= 11 is 0. The SMILES string of the molecule is CCCCCCCC(=O)OC[C@@H](COC(=O)CCCCCCCCCCCCC(C)CC)OC(=O)CCCCCCCCCCCCCCCCCC(C)C. The van der Waals surface area contributed by atoms with E-state index in [2.05, 4.69) is 34.6 Å². The van der Waals surface area contributed by atoms with Gasteiger partial charge in [0.05, 0.1) is 0 Å². The van der Waals surface area contributed by atoms with Gasteiger partial charge in [-0.15, -0.1) is 0 Å². The molecule has 6 heteroatoms. The Morgan fingerprint density at radius 2 is 0.691 bits per heavy atom. The predicted molar refractivity (Wildman–Crippen MR) is 233 cm³/mol. The van der Waals surface area contributed by atoms with E-state index >= 15 is 0 Å². The summed E-state index contributed by atoms with van der Waals surface area (Å²) in [5.41, 5.74) is 0. The van der Waals surface area contributed by atoms with Crippen LogP contribution in [0.1, 0.15) is 266 Å². The maximum atomic E-state index is 12.7. The Balaban J connectivity index is 4.15. The molecule has 0 aliphatic carbocycles. The van der Waals surface area contributed by atoms with Crippen molar-refractivity contribution in [3.8, 4) is 0 Å². The third-order valence-electron chi connectivity index (χ3n) is 11.3. The highest BCUT2D eigenvalue weighted by molar-refractivity contribution is 5.71. The highest BCUT2D eigenvalue weighted by atomic mass is 16.6. The first-order chi connectivity index (χ1) is 26.8. The molecule has 55 heavy (non-hydrogen) atoms. The lowest BCUT2D eigenvalue weighted by Crippen LogP contribution is -2.30. The highest BCUT2D eigenvalue weighted by Gasteiger charge is 2.19. The van der Waals surface area contributed by atoms with Gasteiger partial charge in [-0.05, 0) is 31.1 Å². The molecule has 0 heterocycles. The fraction of sp³-hybridized carbons (Fsp3) is 0.939. The fourth-order valence-corrected chi connectivity index (χ4v) is 7.25. The van der Waals surface area contributed by atoms with Gasteiger partial charge in [0.15, 0.2) is 6.10 Å². The Hall–Kier alpha value is -1.59. The molecule has 0 aromatic carbocycles. The lowest BCUT2D eigenvalue weighted by molar-refractivity contribution is -0.167. The first-order valence-electron chi connectivity index (χ1n) is 24.3. The predicted octanol–water partition coefficient (Wildman–Crippen LogP) is 15.4. The Bertz CT molecular complexity index is 841. The number of carbonyl (C=O) groups excluding carboxylic acids is 3. The third kappa shape index (κ3) is 41.9. The molecule has 0 aliphatic rings. The molecule has 0 saturated heterocycles. The molecule has 0 aromatic rings. The van der Waals surface area contributed by atoms with Gasteiger partial charge >= 0.3 is 17.9 Å². The second kappa shape index (κ2) is 42.0. The van der Waals surface area contributed by atoms with Gasteiger partial charge < -0.3 is 14.2 Å². The zero-order chi connectivity index (χ0) is 40.5. The molecule has 326 valence electrons. The van der Waals surface area contributed by atoms with Crippen LogP contribution in [0.4, 0.5) is 0 Å². The Kier molecular flexibility index (Phi) is 40.8. The Labute approximate surface area is 342 Å². The van der Waals surface area contributed by atoms with Crippen molar-refractivity contribution in [2.24, 2.45) is 11.8 Å². The van der Waals surface area contributed by atoms with Crippen LogP contribution in [-0.2, 0) is 28.6 Å². The first-order valence-corrected chi connectivity index (χ1v) is 24.3. The number of rotatable bonds is 43. The zero-order valence-corrected chi connectivity index (χ0v) is 37.6. The van der Waals surface area contributed by atoms with Crippen molar-refractivity contribution in [2.45, 2.75) is 272 Å². The van der Waals surface area contributed by atoms with Crippen molar-refractivity contribution in [2.75, 3.05) is 13.2 Å². The molecule has 0 bridgehead atoms. The lowest BCUT2D eigenvalue weighted by atomic mass is 9.99. The molecule has 0 aliphatic heterocycles. The van der Waals surface area contributed by atoms with Crippen molar-refractivity contribution in [3.05, 3.63) is 0 Å². The summed E-state index contributed by atoms with van der Waals surface area (Å²) in [6, 6.07) is 0. The molecule has 0 amide bonds. The number of unbranched alkanes of at least 4 members (excludes halogenated alkanes) is 27. The number of esters is 3. The first kappa shape index (κ1) is 53.4. The topological polar surface area (TPSA) is 78.9 Å². The largest absolute Gasteiger partial charge is 0.462 e. The van der Waals surface area contributed by atoms with E-state index in [0.29, 0.717) is 19.3 Å². The van der Waals surface area contributed by atoms with Crippen molar-refractivity contribution in [3.63, 3.8) is 0 Å². The lowest BCUT2D eigenvalue weighted by Gasteiger charge is -2.18. The van der Waals surface area contributed by atoms with E-state index in [1.165, 1.54) is 148 Å². The monoisotopic (exact) mass is 779 g/mol. The molecule has 0 radical (unpaired) electrons. The number of ether oxygens (including phenoxy) is 3. The summed E-state index contributed by atoms with van der Waals surface area (Å²) in [4.78, 5) is 37.6. The van der Waals surface area contributed by atoms with Gasteiger partial charge in [-0.25, -0.2) is 0 Å². The molecule has 6 nitrogen and oxygen atoms in total. The summed E-state index contributed by atoms with van der Waals surface area (Å²) in [7, 11) is 0. The van der Waals surface area contributed by atoms with E-state index < -0.39 is 6.10 Å². The minimum Gasteiger partial charge on any atom is -0.462 e. The molecule has 1 unspecified atom stereocenters. The summed E-state index contributed by atoms with van der Waals surface area (Å²) < 4.78 is 16.6. The van der Waals surface area contributed by atoms with Crippen molar-refractivity contribution >= 4 is 17.9 Å². The van der Waals surface area contributed by atoms with Crippen LogP contribution in [0.25, 0.3) is 0 Å². The summed E-state index contributed by atoms with van der Waals surface area (Å²) in [6.07, 6.45) is 41.1. The quantitative estimate of drug-likeness (QED) is 0.0348. The van der Waals surface area contributed by atoms with Gasteiger partial charge in [0.25, 0.3) is 0 Å². The Morgan fingerprint density at radius 3 is 1.04 bits per heavy atom. The Morgan fingerprint density at radius 1 is 0.382 bits per heavy atom. The molecule has 0 rings (SSSR count). The zero-order valence-electron chi connectivity index (χ0n) is 37.6. The van der Waals surface area contributed by atoms with Crippen LogP contribution < -0.4 is 0 Å². The summed E-state index contributed by atoms with van der Waals surface area (Å²) in [5.74, 6) is 0.851. The maximum Gasteiger partial charge on any atom is 0.306 e. The van der Waals surface area contributed by atoms with Crippen LogP contribution in [-0.4, -0.2) is 37.2 Å². The van der Waals surface area contributed by atoms with E-state index in [0.717, 1.165) is 76.0 Å². The van der Waals surface area contributed by atoms with E-state index in [-0.39, 0.29) is 31.1 Å². The van der Waals surface area contributed by atoms with Gasteiger partial charge in [0.2, 0.25) is 0 Å². The minimum atomic E-state index is -0.759. The molecular weight excluding hydrogens is 685 g/mol. The molecule has 0 saturated carbocycles. The van der Waals surface area contributed by atoms with Crippen molar-refractivity contribution < 1.29 is 28.6 Å². The van der Waals surface area contributed by atoms with Gasteiger partial charge in [0.1, 0.15) is 13.2 Å². The number of carbonyl (C=O) groups is 3. The molecule has 0 spiro atoms. The van der Waals surface area contributed by atoms with Crippen molar-refractivity contribution in [1.82, 2.24) is 0 Å². The van der Waals surface area contributed by atoms with Crippen LogP contribution in [0.15, 0.2) is 0 Å². The molecule has 0 fully saturated rings. The molecule has 0 N–H and O–H groups in total. The number of hydrogen-bond acceptors (Lipinski definition) is 6. The number of hydrogen-bond donors (Lipinski definition) is 0. The van der Waals surface area contributed by atoms with E-state index in [1.807, 2.05) is 0 Å². The van der Waals surface area contributed by atoms with E-state index in [9.17, 15) is 14.4 Å². The van der Waals surface area contributed by atoms with Gasteiger partial charge in [-0.1, -0.05) is 227 Å². The third-order valence-corrected chi connectivity index (χ3v) is 11.3. The van der Waals surface area contributed by atoms with E-state index in [4.69, 9.17) is 14.2 Å². The summed E-state index contributed by atoms with van der Waals surface area (Å²) in [5, 5.41) is 0. The second-order valence-corrected chi connectivity index (χ2v) is 17.5. The van der Waals surface area contributed by atoms with Gasteiger partial charge in [0, 0.05) is 19.3 Å². The highest BCUT2D eigenvalue weighted by Crippen LogP contribution is 2.17. The van der Waals surface area contributed by atoms with Crippen molar-refractivity contribution in [1.29, 1.82) is 0 Å². The van der Waals surface area contributed by atoms with Gasteiger partial charge in [-0.2, -0.15) is 0 Å². The average molecular weight is 779 g/mol. The smallest absolute Gasteiger partial charge is 0.306 e. The molecule has 0 aromatic heterocycles. The molecular formula is C49H94O6. The molecule has 2 atom stereocenters. The van der Waals surface area contributed by atoms with E-state index in [1.54, 1.807) is 0 Å². The van der Waals surface area contributed by atoms with Crippen LogP contribution in [0, 0.1) is 11.8 Å². The average Bonchev–Trinajstić information content (AvgIpc) is 3.17. The van der Waals surface area contributed by atoms with Crippen LogP contribution in [0.2, 0.25) is 0 Å². The minimum absolute atomic E-state index is 0.0653. The summed E-state index contributed by atoms with van der Waals surface area (Å²) in [6.45, 7) is 11.3. The fourth-order valence-electron chi connectivity index (χ4n) is 7.25. The van der Waals surface area contributed by atoms with Gasteiger partial charge in [-0.3, -0.25) is 14.4 Å². The van der Waals surface area contributed by atoms with Crippen LogP contribution >= 0.6 is 0 Å². The normalized spacial score (nSPS) is 12.5.